The maximum atomic E-state index is 12.4. The summed E-state index contributed by atoms with van der Waals surface area (Å²) in [7, 11) is -2.27. The molecule has 0 fully saturated rings. The quantitative estimate of drug-likeness (QED) is 0.794. The van der Waals surface area contributed by atoms with E-state index in [0.29, 0.717) is 17.7 Å². The number of hydrogen-bond acceptors (Lipinski definition) is 4. The van der Waals surface area contributed by atoms with Crippen LogP contribution in [0.1, 0.15) is 22.8 Å². The van der Waals surface area contributed by atoms with E-state index < -0.39 is 10.0 Å². The van der Waals surface area contributed by atoms with E-state index in [1.54, 1.807) is 19.9 Å². The molecule has 1 rings (SSSR count). The second kappa shape index (κ2) is 6.83. The normalized spacial score (nSPS) is 11.4. The number of nitrogens with one attached hydrogen (secondary N) is 1. The molecule has 0 aliphatic rings. The second-order valence-electron chi connectivity index (χ2n) is 4.29. The highest BCUT2D eigenvalue weighted by atomic mass is 32.2. The Balaban J connectivity index is 3.24. The van der Waals surface area contributed by atoms with Gasteiger partial charge in [0.25, 0.3) is 5.91 Å². The van der Waals surface area contributed by atoms with Crippen LogP contribution in [-0.4, -0.2) is 51.1 Å². The molecule has 0 heterocycles. The standard InChI is InChI=1S/C13H20N2O4S/c1-4-15(7-8-16)13(17)12-9-11(6-5-10(12)2)20(18,19)14-3/h5-6,9,14,16H,4,7-8H2,1-3H3. The Labute approximate surface area is 119 Å². The lowest BCUT2D eigenvalue weighted by Crippen LogP contribution is -2.34. The van der Waals surface area contributed by atoms with E-state index in [1.807, 2.05) is 0 Å². The zero-order valence-corrected chi connectivity index (χ0v) is 12.7. The number of sulfonamides is 1. The van der Waals surface area contributed by atoms with Gasteiger partial charge >= 0.3 is 0 Å². The molecule has 0 aromatic heterocycles. The summed E-state index contributed by atoms with van der Waals surface area (Å²) in [6.07, 6.45) is 0. The van der Waals surface area contributed by atoms with Crippen LogP contribution in [0.25, 0.3) is 0 Å². The number of carbonyl (C=O) groups excluding carboxylic acids is 1. The summed E-state index contributed by atoms with van der Waals surface area (Å²) in [6, 6.07) is 4.42. The summed E-state index contributed by atoms with van der Waals surface area (Å²) in [5.74, 6) is -0.285. The molecule has 20 heavy (non-hydrogen) atoms. The monoisotopic (exact) mass is 300 g/mol. The fraction of sp³-hybridized carbons (Fsp3) is 0.462. The van der Waals surface area contributed by atoms with Gasteiger partial charge in [0.2, 0.25) is 10.0 Å². The third-order valence-corrected chi connectivity index (χ3v) is 4.47. The maximum absolute atomic E-state index is 12.4. The van der Waals surface area contributed by atoms with Crippen LogP contribution in [0.3, 0.4) is 0 Å². The molecule has 0 saturated carbocycles. The molecule has 1 amide bonds. The fourth-order valence-electron chi connectivity index (χ4n) is 1.81. The van der Waals surface area contributed by atoms with Crippen LogP contribution in [0, 0.1) is 6.92 Å². The molecule has 0 saturated heterocycles. The highest BCUT2D eigenvalue weighted by Crippen LogP contribution is 2.17. The Morgan fingerprint density at radius 2 is 2.05 bits per heavy atom. The summed E-state index contributed by atoms with van der Waals surface area (Å²) < 4.78 is 25.8. The van der Waals surface area contributed by atoms with Gasteiger partial charge in [0.05, 0.1) is 11.5 Å². The number of aliphatic hydroxyl groups is 1. The van der Waals surface area contributed by atoms with Crippen molar-refractivity contribution in [2.45, 2.75) is 18.7 Å². The van der Waals surface area contributed by atoms with Gasteiger partial charge in [-0.1, -0.05) is 6.07 Å². The highest BCUT2D eigenvalue weighted by molar-refractivity contribution is 7.89. The van der Waals surface area contributed by atoms with Crippen molar-refractivity contribution in [3.63, 3.8) is 0 Å². The summed E-state index contributed by atoms with van der Waals surface area (Å²) in [6.45, 7) is 4.08. The number of nitrogens with zero attached hydrogens (tertiary/aromatic N) is 1. The Morgan fingerprint density at radius 3 is 2.55 bits per heavy atom. The summed E-state index contributed by atoms with van der Waals surface area (Å²) >= 11 is 0. The Morgan fingerprint density at radius 1 is 1.40 bits per heavy atom. The SMILES string of the molecule is CCN(CCO)C(=O)c1cc(S(=O)(=O)NC)ccc1C. The van der Waals surface area contributed by atoms with Crippen LogP contribution in [0.2, 0.25) is 0 Å². The minimum Gasteiger partial charge on any atom is -0.395 e. The zero-order chi connectivity index (χ0) is 15.3. The molecule has 2 N–H and O–H groups in total. The van der Waals surface area contributed by atoms with E-state index in [2.05, 4.69) is 4.72 Å². The lowest BCUT2D eigenvalue weighted by atomic mass is 10.1. The number of aliphatic hydroxyl groups excluding tert-OH is 1. The Bertz CT molecular complexity index is 584. The third kappa shape index (κ3) is 3.56. The Kier molecular flexibility index (Phi) is 5.67. The maximum Gasteiger partial charge on any atom is 0.254 e. The number of aryl methyl sites for hydroxylation is 1. The molecule has 1 aromatic rings. The molecule has 0 unspecified atom stereocenters. The molecule has 0 spiro atoms. The van der Waals surface area contributed by atoms with Crippen molar-refractivity contribution in [3.8, 4) is 0 Å². The van der Waals surface area contributed by atoms with Gasteiger partial charge in [-0.2, -0.15) is 0 Å². The van der Waals surface area contributed by atoms with Crippen molar-refractivity contribution in [2.75, 3.05) is 26.7 Å². The molecule has 6 nitrogen and oxygen atoms in total. The van der Waals surface area contributed by atoms with Crippen LogP contribution in [-0.2, 0) is 10.0 Å². The van der Waals surface area contributed by atoms with Crippen molar-refractivity contribution in [1.82, 2.24) is 9.62 Å². The van der Waals surface area contributed by atoms with E-state index in [-0.39, 0.29) is 24.0 Å². The number of carbonyl (C=O) groups is 1. The molecule has 1 aromatic carbocycles. The topological polar surface area (TPSA) is 86.7 Å². The first-order valence-corrected chi connectivity index (χ1v) is 7.80. The summed E-state index contributed by atoms with van der Waals surface area (Å²) in [5, 5.41) is 8.96. The summed E-state index contributed by atoms with van der Waals surface area (Å²) in [5.41, 5.74) is 1.03. The summed E-state index contributed by atoms with van der Waals surface area (Å²) in [4.78, 5) is 13.9. The van der Waals surface area contributed by atoms with Gasteiger partial charge in [0, 0.05) is 18.7 Å². The lowest BCUT2D eigenvalue weighted by molar-refractivity contribution is 0.0731. The van der Waals surface area contributed by atoms with E-state index in [0.717, 1.165) is 0 Å². The first-order valence-electron chi connectivity index (χ1n) is 6.31. The first-order chi connectivity index (χ1) is 9.37. The fourth-order valence-corrected chi connectivity index (χ4v) is 2.57. The van der Waals surface area contributed by atoms with E-state index >= 15 is 0 Å². The largest absolute Gasteiger partial charge is 0.395 e. The van der Waals surface area contributed by atoms with Crippen LogP contribution in [0.15, 0.2) is 23.1 Å². The number of likely N-dealkylation sites (N-methyl/N-ethyl adjacent to an activating group) is 1. The van der Waals surface area contributed by atoms with Crippen molar-refractivity contribution < 1.29 is 18.3 Å². The van der Waals surface area contributed by atoms with Crippen molar-refractivity contribution in [1.29, 1.82) is 0 Å². The van der Waals surface area contributed by atoms with Crippen LogP contribution in [0.5, 0.6) is 0 Å². The zero-order valence-electron chi connectivity index (χ0n) is 11.9. The molecule has 0 bridgehead atoms. The molecular formula is C13H20N2O4S. The predicted octanol–water partition coefficient (Wildman–Crippen LogP) is 0.358. The molecule has 112 valence electrons. The number of hydrogen-bond donors (Lipinski definition) is 2. The minimum atomic E-state index is -3.59. The predicted molar refractivity (Wildman–Crippen MR) is 76.1 cm³/mol. The van der Waals surface area contributed by atoms with Crippen molar-refractivity contribution >= 4 is 15.9 Å². The molecule has 7 heteroatoms. The molecular weight excluding hydrogens is 280 g/mol. The van der Waals surface area contributed by atoms with Gasteiger partial charge in [-0.05, 0) is 38.6 Å². The van der Waals surface area contributed by atoms with E-state index in [9.17, 15) is 13.2 Å². The van der Waals surface area contributed by atoms with Crippen molar-refractivity contribution in [3.05, 3.63) is 29.3 Å². The average molecular weight is 300 g/mol. The van der Waals surface area contributed by atoms with E-state index in [1.165, 1.54) is 24.1 Å². The second-order valence-corrected chi connectivity index (χ2v) is 6.18. The van der Waals surface area contributed by atoms with Crippen molar-refractivity contribution in [2.24, 2.45) is 0 Å². The smallest absolute Gasteiger partial charge is 0.254 e. The lowest BCUT2D eigenvalue weighted by Gasteiger charge is -2.21. The van der Waals surface area contributed by atoms with Gasteiger partial charge in [0.1, 0.15) is 0 Å². The van der Waals surface area contributed by atoms with Gasteiger partial charge in [-0.25, -0.2) is 13.1 Å². The third-order valence-electron chi connectivity index (χ3n) is 3.06. The minimum absolute atomic E-state index is 0.0500. The van der Waals surface area contributed by atoms with Gasteiger partial charge < -0.3 is 10.0 Å². The van der Waals surface area contributed by atoms with Gasteiger partial charge in [-0.15, -0.1) is 0 Å². The van der Waals surface area contributed by atoms with E-state index in [4.69, 9.17) is 5.11 Å². The molecule has 0 radical (unpaired) electrons. The Hall–Kier alpha value is -1.44. The first kappa shape index (κ1) is 16.6. The molecule has 0 aliphatic heterocycles. The van der Waals surface area contributed by atoms with Crippen LogP contribution < -0.4 is 4.72 Å². The number of rotatable bonds is 6. The van der Waals surface area contributed by atoms with Gasteiger partial charge in [-0.3, -0.25) is 4.79 Å². The average Bonchev–Trinajstić information content (AvgIpc) is 2.44. The van der Waals surface area contributed by atoms with Gasteiger partial charge in [0.15, 0.2) is 0 Å². The molecule has 0 atom stereocenters. The molecule has 0 aliphatic carbocycles. The van der Waals surface area contributed by atoms with Crippen LogP contribution in [0.4, 0.5) is 0 Å². The number of benzene rings is 1. The highest BCUT2D eigenvalue weighted by Gasteiger charge is 2.19. The number of amides is 1. The van der Waals surface area contributed by atoms with Crippen LogP contribution >= 0.6 is 0 Å².